The summed E-state index contributed by atoms with van der Waals surface area (Å²) in [4.78, 5) is 32.1. The molecule has 2 amide bonds. The van der Waals surface area contributed by atoms with Crippen LogP contribution >= 0.6 is 0 Å². The van der Waals surface area contributed by atoms with Crippen molar-refractivity contribution in [3.63, 3.8) is 0 Å². The number of carbonyl (C=O) groups is 2. The Hall–Kier alpha value is -3.17. The van der Waals surface area contributed by atoms with E-state index in [0.29, 0.717) is 5.56 Å². The van der Waals surface area contributed by atoms with Crippen molar-refractivity contribution >= 4 is 17.8 Å². The van der Waals surface area contributed by atoms with Gasteiger partial charge in [0.15, 0.2) is 0 Å². The molecule has 1 fully saturated rings. The summed E-state index contributed by atoms with van der Waals surface area (Å²) in [5.74, 6) is -1.00. The molecule has 0 radical (unpaired) electrons. The predicted octanol–water partition coefficient (Wildman–Crippen LogP) is 3.21. The molecule has 3 rings (SSSR count). The lowest BCUT2D eigenvalue weighted by Crippen LogP contribution is -2.28. The monoisotopic (exact) mass is 394 g/mol. The van der Waals surface area contributed by atoms with Crippen LogP contribution in [-0.2, 0) is 4.79 Å². The van der Waals surface area contributed by atoms with Crippen molar-refractivity contribution in [1.29, 1.82) is 0 Å². The van der Waals surface area contributed by atoms with Crippen LogP contribution < -0.4 is 15.4 Å². The molecule has 1 aromatic heterocycles. The predicted molar refractivity (Wildman–Crippen MR) is 92.4 cm³/mol. The lowest BCUT2D eigenvalue weighted by atomic mass is 10.1. The standard InChI is InChI=1S/C18H17F3N4O3/c1-10(11-4-6-13(7-5-11)28-18(19,20)21)23-16(27)14-8-9-22-17(24-14)25-15(26)12-2-3-12/h4-10,12H,2-3H2,1H3,(H,23,27)(H,22,24,25,26)/t10-/m1/s1. The van der Waals surface area contributed by atoms with Gasteiger partial charge in [-0.1, -0.05) is 12.1 Å². The highest BCUT2D eigenvalue weighted by atomic mass is 19.4. The summed E-state index contributed by atoms with van der Waals surface area (Å²) in [5.41, 5.74) is 0.643. The van der Waals surface area contributed by atoms with E-state index in [2.05, 4.69) is 25.3 Å². The average molecular weight is 394 g/mol. The fraction of sp³-hybridized carbons (Fsp3) is 0.333. The van der Waals surface area contributed by atoms with E-state index in [1.54, 1.807) is 6.92 Å². The van der Waals surface area contributed by atoms with Crippen LogP contribution in [0, 0.1) is 5.92 Å². The first-order chi connectivity index (χ1) is 13.2. The Morgan fingerprint density at radius 1 is 1.18 bits per heavy atom. The largest absolute Gasteiger partial charge is 0.573 e. The zero-order chi connectivity index (χ0) is 20.3. The summed E-state index contributed by atoms with van der Waals surface area (Å²) in [6, 6.07) is 6.09. The number of anilines is 1. The molecule has 28 heavy (non-hydrogen) atoms. The van der Waals surface area contributed by atoms with Crippen LogP contribution in [-0.4, -0.2) is 28.1 Å². The lowest BCUT2D eigenvalue weighted by Gasteiger charge is -2.15. The van der Waals surface area contributed by atoms with Crippen LogP contribution in [0.5, 0.6) is 5.75 Å². The quantitative estimate of drug-likeness (QED) is 0.785. The molecule has 148 valence electrons. The molecule has 2 aromatic rings. The number of amides is 2. The van der Waals surface area contributed by atoms with Gasteiger partial charge in [0, 0.05) is 12.1 Å². The Bertz CT molecular complexity index is 867. The third kappa shape index (κ3) is 5.41. The fourth-order valence-electron chi connectivity index (χ4n) is 2.42. The normalized spacial score (nSPS) is 14.9. The summed E-state index contributed by atoms with van der Waals surface area (Å²) < 4.78 is 40.4. The number of carbonyl (C=O) groups excluding carboxylic acids is 2. The van der Waals surface area contributed by atoms with Crippen LogP contribution in [0.15, 0.2) is 36.5 Å². The minimum atomic E-state index is -4.76. The van der Waals surface area contributed by atoms with Crippen LogP contribution in [0.2, 0.25) is 0 Å². The summed E-state index contributed by atoms with van der Waals surface area (Å²) in [7, 11) is 0. The molecule has 0 aliphatic heterocycles. The number of hydrogen-bond acceptors (Lipinski definition) is 5. The van der Waals surface area contributed by atoms with E-state index in [-0.39, 0.29) is 29.2 Å². The Kier molecular flexibility index (Phi) is 5.48. The van der Waals surface area contributed by atoms with Gasteiger partial charge in [0.2, 0.25) is 11.9 Å². The first-order valence-corrected chi connectivity index (χ1v) is 8.52. The Labute approximate surface area is 158 Å². The van der Waals surface area contributed by atoms with Gasteiger partial charge in [0.25, 0.3) is 5.91 Å². The molecular weight excluding hydrogens is 377 g/mol. The minimum Gasteiger partial charge on any atom is -0.406 e. The van der Waals surface area contributed by atoms with Gasteiger partial charge < -0.3 is 10.1 Å². The van der Waals surface area contributed by atoms with Crippen molar-refractivity contribution in [2.24, 2.45) is 5.92 Å². The molecule has 10 heteroatoms. The molecule has 1 aliphatic carbocycles. The van der Waals surface area contributed by atoms with E-state index >= 15 is 0 Å². The maximum Gasteiger partial charge on any atom is 0.573 e. The first-order valence-electron chi connectivity index (χ1n) is 8.52. The van der Waals surface area contributed by atoms with Crippen LogP contribution in [0.1, 0.15) is 41.9 Å². The van der Waals surface area contributed by atoms with Gasteiger partial charge in [0.1, 0.15) is 11.4 Å². The van der Waals surface area contributed by atoms with Gasteiger partial charge in [-0.3, -0.25) is 14.9 Å². The Balaban J connectivity index is 1.61. The number of benzene rings is 1. The van der Waals surface area contributed by atoms with Crippen molar-refractivity contribution in [3.8, 4) is 5.75 Å². The highest BCUT2D eigenvalue weighted by Crippen LogP contribution is 2.29. The first kappa shape index (κ1) is 19.6. The van der Waals surface area contributed by atoms with E-state index in [0.717, 1.165) is 12.8 Å². The maximum atomic E-state index is 12.4. The molecule has 1 aromatic carbocycles. The SMILES string of the molecule is C[C@@H](NC(=O)c1ccnc(NC(=O)C2CC2)n1)c1ccc(OC(F)(F)F)cc1. The minimum absolute atomic E-state index is 0.0228. The van der Waals surface area contributed by atoms with E-state index in [1.165, 1.54) is 36.5 Å². The Morgan fingerprint density at radius 3 is 2.46 bits per heavy atom. The topological polar surface area (TPSA) is 93.2 Å². The van der Waals surface area contributed by atoms with Crippen molar-refractivity contribution in [2.75, 3.05) is 5.32 Å². The molecule has 0 spiro atoms. The number of halogens is 3. The third-order valence-corrected chi connectivity index (χ3v) is 4.03. The fourth-order valence-corrected chi connectivity index (χ4v) is 2.42. The van der Waals surface area contributed by atoms with Crippen LogP contribution in [0.4, 0.5) is 19.1 Å². The molecule has 7 nitrogen and oxygen atoms in total. The molecular formula is C18H17F3N4O3. The molecule has 2 N–H and O–H groups in total. The number of hydrogen-bond donors (Lipinski definition) is 2. The maximum absolute atomic E-state index is 12.4. The van der Waals surface area contributed by atoms with Gasteiger partial charge in [-0.05, 0) is 43.5 Å². The molecule has 0 bridgehead atoms. The van der Waals surface area contributed by atoms with Crippen LogP contribution in [0.3, 0.4) is 0 Å². The number of nitrogens with zero attached hydrogens (tertiary/aromatic N) is 2. The number of alkyl halides is 3. The van der Waals surface area contributed by atoms with Gasteiger partial charge in [-0.25, -0.2) is 9.97 Å². The number of ether oxygens (including phenoxy) is 1. The summed E-state index contributed by atoms with van der Waals surface area (Å²) in [5, 5.41) is 5.25. The molecule has 1 saturated carbocycles. The van der Waals surface area contributed by atoms with Crippen molar-refractivity contribution in [2.45, 2.75) is 32.2 Å². The molecule has 1 atom stereocenters. The molecule has 0 unspecified atom stereocenters. The molecule has 0 saturated heterocycles. The van der Waals surface area contributed by atoms with Gasteiger partial charge in [-0.2, -0.15) is 0 Å². The molecule has 1 aliphatic rings. The average Bonchev–Trinajstić information content (AvgIpc) is 3.46. The van der Waals surface area contributed by atoms with Gasteiger partial charge in [-0.15, -0.1) is 13.2 Å². The highest BCUT2D eigenvalue weighted by Gasteiger charge is 2.31. The summed E-state index contributed by atoms with van der Waals surface area (Å²) in [6.07, 6.45) is -1.74. The van der Waals surface area contributed by atoms with E-state index in [9.17, 15) is 22.8 Å². The van der Waals surface area contributed by atoms with Gasteiger partial charge in [0.05, 0.1) is 6.04 Å². The van der Waals surface area contributed by atoms with Crippen molar-refractivity contribution in [1.82, 2.24) is 15.3 Å². The van der Waals surface area contributed by atoms with Crippen LogP contribution in [0.25, 0.3) is 0 Å². The smallest absolute Gasteiger partial charge is 0.406 e. The van der Waals surface area contributed by atoms with E-state index in [1.807, 2.05) is 0 Å². The zero-order valence-electron chi connectivity index (χ0n) is 14.8. The highest BCUT2D eigenvalue weighted by molar-refractivity contribution is 5.95. The van der Waals surface area contributed by atoms with Crippen molar-refractivity contribution in [3.05, 3.63) is 47.8 Å². The number of rotatable bonds is 6. The third-order valence-electron chi connectivity index (χ3n) is 4.03. The molecule has 1 heterocycles. The second-order valence-corrected chi connectivity index (χ2v) is 6.34. The number of nitrogens with one attached hydrogen (secondary N) is 2. The second kappa shape index (κ2) is 7.83. The van der Waals surface area contributed by atoms with E-state index in [4.69, 9.17) is 0 Å². The number of aromatic nitrogens is 2. The van der Waals surface area contributed by atoms with E-state index < -0.39 is 18.3 Å². The summed E-state index contributed by atoms with van der Waals surface area (Å²) >= 11 is 0. The van der Waals surface area contributed by atoms with Gasteiger partial charge >= 0.3 is 6.36 Å². The lowest BCUT2D eigenvalue weighted by molar-refractivity contribution is -0.274. The van der Waals surface area contributed by atoms with Crippen molar-refractivity contribution < 1.29 is 27.5 Å². The summed E-state index contributed by atoms with van der Waals surface area (Å²) in [6.45, 7) is 1.68. The zero-order valence-corrected chi connectivity index (χ0v) is 14.8. The Morgan fingerprint density at radius 2 is 1.86 bits per heavy atom. The second-order valence-electron chi connectivity index (χ2n) is 6.34.